The number of rotatable bonds is 3. The van der Waals surface area contributed by atoms with Gasteiger partial charge in [-0.05, 0) is 20.8 Å². The Hall–Kier alpha value is -1.53. The predicted molar refractivity (Wildman–Crippen MR) is 55.9 cm³/mol. The molecule has 0 unspecified atom stereocenters. The Morgan fingerprint density at radius 3 is 1.94 bits per heavy atom. The molecule has 0 aliphatic carbocycles. The lowest BCUT2D eigenvalue weighted by Crippen LogP contribution is -2.44. The van der Waals surface area contributed by atoms with E-state index in [2.05, 4.69) is 0 Å². The first-order chi connectivity index (χ1) is 7.54. The first kappa shape index (κ1) is 15.5. The summed E-state index contributed by atoms with van der Waals surface area (Å²) in [5.41, 5.74) is -2.07. The number of alkyl halides is 3. The Balaban J connectivity index is 5.18. The number of allylic oxidation sites excluding steroid dienone is 1. The van der Waals surface area contributed by atoms with Gasteiger partial charge < -0.3 is 5.32 Å². The molecule has 0 spiro atoms. The zero-order chi connectivity index (χ0) is 13.9. The van der Waals surface area contributed by atoms with E-state index >= 15 is 0 Å². The van der Waals surface area contributed by atoms with E-state index in [1.165, 1.54) is 0 Å². The fourth-order valence-electron chi connectivity index (χ4n) is 1.03. The van der Waals surface area contributed by atoms with Gasteiger partial charge in [0.1, 0.15) is 5.70 Å². The lowest BCUT2D eigenvalue weighted by atomic mass is 10.1. The monoisotopic (exact) mass is 252 g/mol. The number of carbonyl (C=O) groups excluding carboxylic acids is 2. The molecule has 17 heavy (non-hydrogen) atoms. The van der Waals surface area contributed by atoms with Crippen LogP contribution in [0.5, 0.6) is 0 Å². The van der Waals surface area contributed by atoms with Gasteiger partial charge in [-0.3, -0.25) is 14.5 Å². The molecule has 0 aromatic heterocycles. The molecule has 0 aliphatic heterocycles. The minimum absolute atomic E-state index is 0.211. The van der Waals surface area contributed by atoms with Crippen molar-refractivity contribution in [2.75, 3.05) is 7.05 Å². The van der Waals surface area contributed by atoms with E-state index in [0.29, 0.717) is 11.0 Å². The van der Waals surface area contributed by atoms with E-state index < -0.39 is 23.3 Å². The molecule has 7 heteroatoms. The molecular weight excluding hydrogens is 237 g/mol. The summed E-state index contributed by atoms with van der Waals surface area (Å²) in [4.78, 5) is 22.9. The number of halogens is 3. The number of nitrogens with one attached hydrogen (secondary N) is 1. The first-order valence-corrected chi connectivity index (χ1v) is 4.79. The number of imide groups is 1. The van der Waals surface area contributed by atoms with Crippen LogP contribution in [-0.2, 0) is 9.59 Å². The molecule has 0 saturated heterocycles. The van der Waals surface area contributed by atoms with Gasteiger partial charge in [-0.1, -0.05) is 0 Å². The number of carbonyl (C=O) groups is 2. The Morgan fingerprint density at radius 1 is 1.24 bits per heavy atom. The van der Waals surface area contributed by atoms with Crippen LogP contribution in [-0.4, -0.2) is 36.0 Å². The third kappa shape index (κ3) is 4.46. The highest BCUT2D eigenvalue weighted by Crippen LogP contribution is 2.23. The molecule has 0 bridgehead atoms. The summed E-state index contributed by atoms with van der Waals surface area (Å²) in [6, 6.07) is 0. The zero-order valence-electron chi connectivity index (χ0n) is 10.1. The van der Waals surface area contributed by atoms with Crippen molar-refractivity contribution < 1.29 is 22.8 Å². The second-order valence-electron chi connectivity index (χ2n) is 4.29. The van der Waals surface area contributed by atoms with Gasteiger partial charge in [0.15, 0.2) is 0 Å². The van der Waals surface area contributed by atoms with Crippen molar-refractivity contribution in [1.82, 2.24) is 10.2 Å². The molecule has 4 nitrogen and oxygen atoms in total. The summed E-state index contributed by atoms with van der Waals surface area (Å²) in [5.74, 6) is -1.02. The van der Waals surface area contributed by atoms with Gasteiger partial charge in [0.05, 0.1) is 0 Å². The SMILES string of the molecule is CN/C(=C\C(=O)N(C=O)C(C)(C)C)C(F)(F)F. The minimum Gasteiger partial charge on any atom is -0.384 e. The van der Waals surface area contributed by atoms with Crippen molar-refractivity contribution in [3.63, 3.8) is 0 Å². The topological polar surface area (TPSA) is 49.4 Å². The average Bonchev–Trinajstić information content (AvgIpc) is 2.10. The summed E-state index contributed by atoms with van der Waals surface area (Å²) < 4.78 is 37.1. The van der Waals surface area contributed by atoms with Crippen LogP contribution < -0.4 is 5.32 Å². The van der Waals surface area contributed by atoms with Crippen molar-refractivity contribution in [3.05, 3.63) is 11.8 Å². The Bertz CT molecular complexity index is 329. The Morgan fingerprint density at radius 2 is 1.71 bits per heavy atom. The maximum absolute atomic E-state index is 12.4. The summed E-state index contributed by atoms with van der Waals surface area (Å²) in [6.07, 6.45) is -4.08. The lowest BCUT2D eigenvalue weighted by Gasteiger charge is -2.29. The lowest BCUT2D eigenvalue weighted by molar-refractivity contribution is -0.140. The Kier molecular flexibility index (Phi) is 4.73. The largest absolute Gasteiger partial charge is 0.431 e. The van der Waals surface area contributed by atoms with E-state index in [1.807, 2.05) is 5.32 Å². The van der Waals surface area contributed by atoms with E-state index in [9.17, 15) is 22.8 Å². The quantitative estimate of drug-likeness (QED) is 0.610. The normalized spacial score (nSPS) is 13.2. The number of amides is 2. The standard InChI is InChI=1S/C10H15F3N2O2/c1-9(2,3)15(6-16)8(17)5-7(14-4)10(11,12)13/h5-6,14H,1-4H3/b7-5-. The fraction of sp³-hybridized carbons (Fsp3) is 0.600. The first-order valence-electron chi connectivity index (χ1n) is 4.79. The second-order valence-corrected chi connectivity index (χ2v) is 4.29. The molecule has 0 radical (unpaired) electrons. The van der Waals surface area contributed by atoms with Crippen molar-refractivity contribution in [2.24, 2.45) is 0 Å². The molecule has 0 fully saturated rings. The van der Waals surface area contributed by atoms with Crippen molar-refractivity contribution in [2.45, 2.75) is 32.5 Å². The van der Waals surface area contributed by atoms with E-state index in [0.717, 1.165) is 7.05 Å². The molecular formula is C10H15F3N2O2. The van der Waals surface area contributed by atoms with E-state index in [-0.39, 0.29) is 6.41 Å². The molecule has 0 heterocycles. The summed E-state index contributed by atoms with van der Waals surface area (Å²) >= 11 is 0. The average molecular weight is 252 g/mol. The van der Waals surface area contributed by atoms with Gasteiger partial charge in [-0.25, -0.2) is 0 Å². The van der Waals surface area contributed by atoms with Crippen LogP contribution in [0.25, 0.3) is 0 Å². The third-order valence-corrected chi connectivity index (χ3v) is 1.91. The van der Waals surface area contributed by atoms with Gasteiger partial charge in [0, 0.05) is 18.7 Å². The highest BCUT2D eigenvalue weighted by atomic mass is 19.4. The van der Waals surface area contributed by atoms with Crippen LogP contribution in [0.3, 0.4) is 0 Å². The van der Waals surface area contributed by atoms with Crippen LogP contribution in [0.4, 0.5) is 13.2 Å². The van der Waals surface area contributed by atoms with Crippen molar-refractivity contribution in [1.29, 1.82) is 0 Å². The molecule has 0 aromatic rings. The number of nitrogens with zero attached hydrogens (tertiary/aromatic N) is 1. The third-order valence-electron chi connectivity index (χ3n) is 1.91. The van der Waals surface area contributed by atoms with Crippen LogP contribution >= 0.6 is 0 Å². The summed E-state index contributed by atoms with van der Waals surface area (Å²) in [5, 5.41) is 1.88. The summed E-state index contributed by atoms with van der Waals surface area (Å²) in [7, 11) is 1.05. The molecule has 0 aliphatic rings. The molecule has 0 saturated carbocycles. The van der Waals surface area contributed by atoms with Crippen LogP contribution in [0.1, 0.15) is 20.8 Å². The molecule has 0 aromatic carbocycles. The number of hydrogen-bond acceptors (Lipinski definition) is 3. The van der Waals surface area contributed by atoms with Crippen LogP contribution in [0, 0.1) is 0 Å². The predicted octanol–water partition coefficient (Wildman–Crippen LogP) is 1.44. The number of hydrogen-bond donors (Lipinski definition) is 1. The van der Waals surface area contributed by atoms with Gasteiger partial charge in [0.2, 0.25) is 6.41 Å². The second kappa shape index (κ2) is 5.20. The fourth-order valence-corrected chi connectivity index (χ4v) is 1.03. The molecule has 2 amide bonds. The highest BCUT2D eigenvalue weighted by Gasteiger charge is 2.35. The molecule has 98 valence electrons. The maximum atomic E-state index is 12.4. The molecule has 0 rings (SSSR count). The molecule has 0 atom stereocenters. The van der Waals surface area contributed by atoms with Gasteiger partial charge in [-0.15, -0.1) is 0 Å². The van der Waals surface area contributed by atoms with Crippen molar-refractivity contribution in [3.8, 4) is 0 Å². The van der Waals surface area contributed by atoms with E-state index in [4.69, 9.17) is 0 Å². The van der Waals surface area contributed by atoms with Gasteiger partial charge in [0.25, 0.3) is 5.91 Å². The van der Waals surface area contributed by atoms with Gasteiger partial charge in [-0.2, -0.15) is 13.2 Å². The van der Waals surface area contributed by atoms with Crippen LogP contribution in [0.15, 0.2) is 11.8 Å². The van der Waals surface area contributed by atoms with Crippen molar-refractivity contribution >= 4 is 12.3 Å². The van der Waals surface area contributed by atoms with E-state index in [1.54, 1.807) is 20.8 Å². The van der Waals surface area contributed by atoms with Crippen LogP contribution in [0.2, 0.25) is 0 Å². The maximum Gasteiger partial charge on any atom is 0.431 e. The van der Waals surface area contributed by atoms with Gasteiger partial charge >= 0.3 is 6.18 Å². The minimum atomic E-state index is -4.66. The highest BCUT2D eigenvalue weighted by molar-refractivity contribution is 5.95. The summed E-state index contributed by atoms with van der Waals surface area (Å²) in [6.45, 7) is 4.62. The zero-order valence-corrected chi connectivity index (χ0v) is 10.1. The molecule has 1 N–H and O–H groups in total. The Labute approximate surface area is 97.5 Å². The smallest absolute Gasteiger partial charge is 0.384 e.